The summed E-state index contributed by atoms with van der Waals surface area (Å²) in [5.74, 6) is -1.71. The standard InChI is InChI=1S/C3H5NO.C3H4O2/c2*1-2-3(4)5/h2H,1H2,(H2,4,5);2H,1H2,(H,4,5)/p-1. The molecule has 0 aliphatic carbocycles. The van der Waals surface area contributed by atoms with Crippen molar-refractivity contribution in [1.82, 2.24) is 0 Å². The smallest absolute Gasteiger partial charge is 0.240 e. The summed E-state index contributed by atoms with van der Waals surface area (Å²) < 4.78 is 0. The molecule has 0 bridgehead atoms. The summed E-state index contributed by atoms with van der Waals surface area (Å²) in [5, 5.41) is 9.14. The molecule has 0 aliphatic heterocycles. The number of aliphatic carboxylic acids is 1. The second-order valence-electron chi connectivity index (χ2n) is 1.13. The highest BCUT2D eigenvalue weighted by Gasteiger charge is 1.69. The molecule has 0 saturated heterocycles. The molecule has 4 nitrogen and oxygen atoms in total. The summed E-state index contributed by atoms with van der Waals surface area (Å²) >= 11 is 0. The number of carbonyl (C=O) groups is 2. The van der Waals surface area contributed by atoms with Crippen LogP contribution < -0.4 is 10.8 Å². The minimum Gasteiger partial charge on any atom is -0.545 e. The molecule has 0 rings (SSSR count). The molecule has 0 aromatic heterocycles. The zero-order chi connectivity index (χ0) is 8.57. The van der Waals surface area contributed by atoms with Gasteiger partial charge in [0.05, 0.1) is 5.97 Å². The van der Waals surface area contributed by atoms with E-state index in [4.69, 9.17) is 9.90 Å². The van der Waals surface area contributed by atoms with Crippen molar-refractivity contribution in [3.8, 4) is 0 Å². The average molecular weight is 142 g/mol. The zero-order valence-electron chi connectivity index (χ0n) is 5.37. The highest BCUT2D eigenvalue weighted by molar-refractivity contribution is 5.84. The number of hydrogen-bond acceptors (Lipinski definition) is 3. The van der Waals surface area contributed by atoms with Crippen molar-refractivity contribution in [3.63, 3.8) is 0 Å². The van der Waals surface area contributed by atoms with E-state index in [1.807, 2.05) is 0 Å². The lowest BCUT2D eigenvalue weighted by atomic mass is 10.6. The van der Waals surface area contributed by atoms with Gasteiger partial charge >= 0.3 is 0 Å². The Bertz CT molecular complexity index is 133. The molecule has 0 unspecified atom stereocenters. The lowest BCUT2D eigenvalue weighted by Gasteiger charge is -1.81. The number of carboxylic acid groups (broad SMARTS) is 1. The molecule has 2 N–H and O–H groups in total. The van der Waals surface area contributed by atoms with Gasteiger partial charge in [-0.15, -0.1) is 0 Å². The van der Waals surface area contributed by atoms with Crippen molar-refractivity contribution in [2.24, 2.45) is 5.73 Å². The van der Waals surface area contributed by atoms with Crippen molar-refractivity contribution in [2.45, 2.75) is 0 Å². The van der Waals surface area contributed by atoms with Gasteiger partial charge in [-0.05, 0) is 12.2 Å². The highest BCUT2D eigenvalue weighted by atomic mass is 16.4. The zero-order valence-corrected chi connectivity index (χ0v) is 5.37. The number of carbonyl (C=O) groups excluding carboxylic acids is 2. The molecule has 10 heavy (non-hydrogen) atoms. The molecule has 0 fully saturated rings. The van der Waals surface area contributed by atoms with E-state index in [0.717, 1.165) is 12.2 Å². The minimum atomic E-state index is -1.23. The first kappa shape index (κ1) is 11.2. The Morgan fingerprint density at radius 3 is 1.50 bits per heavy atom. The molecule has 1 amide bonds. The van der Waals surface area contributed by atoms with E-state index in [1.165, 1.54) is 0 Å². The van der Waals surface area contributed by atoms with E-state index in [-0.39, 0.29) is 0 Å². The molecule has 4 heteroatoms. The molecule has 0 radical (unpaired) electrons. The van der Waals surface area contributed by atoms with Crippen LogP contribution in [0.3, 0.4) is 0 Å². The van der Waals surface area contributed by atoms with Crippen molar-refractivity contribution in [1.29, 1.82) is 0 Å². The first-order valence-electron chi connectivity index (χ1n) is 2.29. The van der Waals surface area contributed by atoms with Gasteiger partial charge in [-0.1, -0.05) is 13.2 Å². The lowest BCUT2D eigenvalue weighted by Crippen LogP contribution is -2.17. The van der Waals surface area contributed by atoms with Crippen LogP contribution in [0.25, 0.3) is 0 Å². The highest BCUT2D eigenvalue weighted by Crippen LogP contribution is 1.48. The maximum absolute atomic E-state index is 9.47. The van der Waals surface area contributed by atoms with Gasteiger partial charge in [0.15, 0.2) is 0 Å². The SMILES string of the molecule is C=CC(=O)[O-].C=CC(N)=O. The van der Waals surface area contributed by atoms with Gasteiger partial charge in [0.25, 0.3) is 0 Å². The van der Waals surface area contributed by atoms with Gasteiger partial charge in [-0.25, -0.2) is 0 Å². The van der Waals surface area contributed by atoms with Gasteiger partial charge in [-0.3, -0.25) is 4.79 Å². The number of primary amides is 1. The maximum Gasteiger partial charge on any atom is 0.240 e. The summed E-state index contributed by atoms with van der Waals surface area (Å²) in [6.07, 6.45) is 1.78. The van der Waals surface area contributed by atoms with Gasteiger partial charge in [0.2, 0.25) is 5.91 Å². The number of nitrogens with two attached hydrogens (primary N) is 1. The molecule has 0 heterocycles. The van der Waals surface area contributed by atoms with E-state index in [0.29, 0.717) is 0 Å². The topological polar surface area (TPSA) is 83.2 Å². The van der Waals surface area contributed by atoms with Crippen molar-refractivity contribution in [2.75, 3.05) is 0 Å². The van der Waals surface area contributed by atoms with Gasteiger partial charge in [0.1, 0.15) is 0 Å². The lowest BCUT2D eigenvalue weighted by molar-refractivity contribution is -0.297. The van der Waals surface area contributed by atoms with Crippen molar-refractivity contribution >= 4 is 11.9 Å². The summed E-state index contributed by atoms with van der Waals surface area (Å²) in [6, 6.07) is 0. The Hall–Kier alpha value is -1.58. The first-order valence-corrected chi connectivity index (χ1v) is 2.29. The molecule has 0 aromatic carbocycles. The predicted octanol–water partition coefficient (Wildman–Crippen LogP) is -1.42. The number of rotatable bonds is 2. The van der Waals surface area contributed by atoms with Crippen LogP contribution in [0.4, 0.5) is 0 Å². The van der Waals surface area contributed by atoms with Crippen LogP contribution in [-0.2, 0) is 9.59 Å². The number of hydrogen-bond donors (Lipinski definition) is 1. The maximum atomic E-state index is 9.47. The first-order chi connectivity index (χ1) is 4.54. The fraction of sp³-hybridized carbons (Fsp3) is 0. The molecule has 0 aliphatic rings. The van der Waals surface area contributed by atoms with Crippen LogP contribution in [0, 0.1) is 0 Å². The Morgan fingerprint density at radius 2 is 1.50 bits per heavy atom. The number of amides is 1. The minimum absolute atomic E-state index is 0.481. The average Bonchev–Trinajstić information content (AvgIpc) is 1.89. The summed E-state index contributed by atoms with van der Waals surface area (Å²) in [5.41, 5.74) is 4.53. The van der Waals surface area contributed by atoms with Gasteiger partial charge < -0.3 is 15.6 Å². The summed E-state index contributed by atoms with van der Waals surface area (Å²) in [6.45, 7) is 5.98. The van der Waals surface area contributed by atoms with Crippen LogP contribution in [0.1, 0.15) is 0 Å². The third-order valence-corrected chi connectivity index (χ3v) is 0.368. The van der Waals surface area contributed by atoms with Crippen LogP contribution in [-0.4, -0.2) is 11.9 Å². The van der Waals surface area contributed by atoms with E-state index < -0.39 is 11.9 Å². The second kappa shape index (κ2) is 7.42. The largest absolute Gasteiger partial charge is 0.545 e. The van der Waals surface area contributed by atoms with E-state index in [2.05, 4.69) is 18.9 Å². The third kappa shape index (κ3) is 32.2. The molecule has 0 aromatic rings. The van der Waals surface area contributed by atoms with E-state index >= 15 is 0 Å². The van der Waals surface area contributed by atoms with Crippen LogP contribution in [0.5, 0.6) is 0 Å². The second-order valence-corrected chi connectivity index (χ2v) is 1.13. The molecule has 0 saturated carbocycles. The summed E-state index contributed by atoms with van der Waals surface area (Å²) in [7, 11) is 0. The fourth-order valence-electron chi connectivity index (χ4n) is 0. The fourth-order valence-corrected chi connectivity index (χ4v) is 0. The molecule has 56 valence electrons. The Kier molecular flexibility index (Phi) is 8.35. The van der Waals surface area contributed by atoms with Crippen molar-refractivity contribution < 1.29 is 14.7 Å². The third-order valence-electron chi connectivity index (χ3n) is 0.368. The molecule has 0 atom stereocenters. The molecular formula is C6H8NO3-. The quantitative estimate of drug-likeness (QED) is 0.480. The van der Waals surface area contributed by atoms with Crippen LogP contribution >= 0.6 is 0 Å². The van der Waals surface area contributed by atoms with Crippen LogP contribution in [0.15, 0.2) is 25.3 Å². The predicted molar refractivity (Wildman–Crippen MR) is 34.6 cm³/mol. The molecule has 0 spiro atoms. The number of carboxylic acids is 1. The summed E-state index contributed by atoms with van der Waals surface area (Å²) in [4.78, 5) is 18.6. The Balaban J connectivity index is 0. The Labute approximate surface area is 58.6 Å². The van der Waals surface area contributed by atoms with Gasteiger partial charge in [-0.2, -0.15) is 0 Å². The normalized spacial score (nSPS) is 6.40. The van der Waals surface area contributed by atoms with Crippen molar-refractivity contribution in [3.05, 3.63) is 25.3 Å². The van der Waals surface area contributed by atoms with Crippen LogP contribution in [0.2, 0.25) is 0 Å². The monoisotopic (exact) mass is 142 g/mol. The van der Waals surface area contributed by atoms with E-state index in [9.17, 15) is 4.79 Å². The molecular weight excluding hydrogens is 134 g/mol. The Morgan fingerprint density at radius 1 is 1.30 bits per heavy atom. The van der Waals surface area contributed by atoms with Gasteiger partial charge in [0, 0.05) is 0 Å². The van der Waals surface area contributed by atoms with E-state index in [1.54, 1.807) is 0 Å².